The van der Waals surface area contributed by atoms with Crippen molar-refractivity contribution < 1.29 is 4.79 Å². The van der Waals surface area contributed by atoms with E-state index in [9.17, 15) is 4.79 Å². The van der Waals surface area contributed by atoms with Crippen molar-refractivity contribution in [2.24, 2.45) is 0 Å². The Labute approximate surface area is 124 Å². The second-order valence-corrected chi connectivity index (χ2v) is 5.95. The minimum absolute atomic E-state index is 0.0359. The van der Waals surface area contributed by atoms with Gasteiger partial charge in [-0.25, -0.2) is 0 Å². The Hall–Kier alpha value is -1.54. The third-order valence-corrected chi connectivity index (χ3v) is 4.24. The van der Waals surface area contributed by atoms with Gasteiger partial charge in [0.1, 0.15) is 0 Å². The van der Waals surface area contributed by atoms with Crippen LogP contribution in [0.15, 0.2) is 36.4 Å². The van der Waals surface area contributed by atoms with Crippen LogP contribution in [0.4, 0.5) is 0 Å². The lowest BCUT2D eigenvalue weighted by Crippen LogP contribution is -2.36. The molecule has 2 aromatic rings. The Morgan fingerprint density at radius 3 is 2.50 bits per heavy atom. The van der Waals surface area contributed by atoms with E-state index in [1.54, 1.807) is 0 Å². The highest BCUT2D eigenvalue weighted by Crippen LogP contribution is 2.21. The predicted molar refractivity (Wildman–Crippen MR) is 83.3 cm³/mol. The van der Waals surface area contributed by atoms with Crippen molar-refractivity contribution in [2.45, 2.75) is 38.1 Å². The first-order chi connectivity index (χ1) is 9.72. The summed E-state index contributed by atoms with van der Waals surface area (Å²) in [5, 5.41) is 5.97. The average Bonchev–Trinajstić information content (AvgIpc) is 2.47. The van der Waals surface area contributed by atoms with Gasteiger partial charge < -0.3 is 5.32 Å². The van der Waals surface area contributed by atoms with Gasteiger partial charge in [-0.15, -0.1) is 0 Å². The maximum Gasteiger partial charge on any atom is 0.251 e. The maximum atomic E-state index is 12.3. The topological polar surface area (TPSA) is 29.1 Å². The van der Waals surface area contributed by atoms with Crippen molar-refractivity contribution in [3.05, 3.63) is 47.0 Å². The molecule has 2 aromatic carbocycles. The van der Waals surface area contributed by atoms with E-state index in [0.717, 1.165) is 34.2 Å². The standard InChI is InChI=1S/C17H18ClNO/c18-15-9-8-12-10-14(7-6-13(12)11-15)17(20)19-16-4-2-1-3-5-16/h6-11,16H,1-5H2,(H,19,20). The van der Waals surface area contributed by atoms with Gasteiger partial charge in [-0.05, 0) is 47.9 Å². The predicted octanol–water partition coefficient (Wildman–Crippen LogP) is 4.56. The van der Waals surface area contributed by atoms with Crippen LogP contribution in [0.5, 0.6) is 0 Å². The van der Waals surface area contributed by atoms with Crippen LogP contribution in [0, 0.1) is 0 Å². The monoisotopic (exact) mass is 287 g/mol. The van der Waals surface area contributed by atoms with Gasteiger partial charge in [-0.2, -0.15) is 0 Å². The highest BCUT2D eigenvalue weighted by Gasteiger charge is 2.16. The van der Waals surface area contributed by atoms with E-state index in [-0.39, 0.29) is 5.91 Å². The van der Waals surface area contributed by atoms with Crippen LogP contribution in [0.1, 0.15) is 42.5 Å². The van der Waals surface area contributed by atoms with Crippen molar-refractivity contribution in [2.75, 3.05) is 0 Å². The normalized spacial score (nSPS) is 16.2. The number of carbonyl (C=O) groups excluding carboxylic acids is 1. The summed E-state index contributed by atoms with van der Waals surface area (Å²) < 4.78 is 0. The third-order valence-electron chi connectivity index (χ3n) is 4.00. The third kappa shape index (κ3) is 2.96. The summed E-state index contributed by atoms with van der Waals surface area (Å²) in [5.74, 6) is 0.0359. The molecular formula is C17H18ClNO. The van der Waals surface area contributed by atoms with E-state index >= 15 is 0 Å². The minimum atomic E-state index is 0.0359. The zero-order valence-corrected chi connectivity index (χ0v) is 12.1. The molecule has 104 valence electrons. The van der Waals surface area contributed by atoms with E-state index in [1.165, 1.54) is 19.3 Å². The molecule has 0 aromatic heterocycles. The van der Waals surface area contributed by atoms with Gasteiger partial charge in [0.2, 0.25) is 0 Å². The molecule has 0 bridgehead atoms. The quantitative estimate of drug-likeness (QED) is 0.862. The van der Waals surface area contributed by atoms with Gasteiger partial charge in [0.05, 0.1) is 0 Å². The van der Waals surface area contributed by atoms with Gasteiger partial charge in [0, 0.05) is 16.6 Å². The first kappa shape index (κ1) is 13.4. The van der Waals surface area contributed by atoms with E-state index < -0.39 is 0 Å². The molecule has 0 spiro atoms. The van der Waals surface area contributed by atoms with Gasteiger partial charge in [0.15, 0.2) is 0 Å². The molecular weight excluding hydrogens is 270 g/mol. The fourth-order valence-corrected chi connectivity index (χ4v) is 3.05. The molecule has 1 N–H and O–H groups in total. The summed E-state index contributed by atoms with van der Waals surface area (Å²) in [7, 11) is 0. The SMILES string of the molecule is O=C(NC1CCCCC1)c1ccc2cc(Cl)ccc2c1. The second kappa shape index (κ2) is 5.84. The Morgan fingerprint density at radius 2 is 1.70 bits per heavy atom. The lowest BCUT2D eigenvalue weighted by atomic mass is 9.95. The van der Waals surface area contributed by atoms with Gasteiger partial charge in [-0.3, -0.25) is 4.79 Å². The average molecular weight is 288 g/mol. The number of rotatable bonds is 2. The smallest absolute Gasteiger partial charge is 0.251 e. The summed E-state index contributed by atoms with van der Waals surface area (Å²) in [5.41, 5.74) is 0.727. The highest BCUT2D eigenvalue weighted by atomic mass is 35.5. The number of fused-ring (bicyclic) bond motifs is 1. The lowest BCUT2D eigenvalue weighted by molar-refractivity contribution is 0.0928. The molecule has 0 heterocycles. The van der Waals surface area contributed by atoms with Crippen LogP contribution < -0.4 is 5.32 Å². The van der Waals surface area contributed by atoms with Crippen LogP contribution in [-0.4, -0.2) is 11.9 Å². The molecule has 1 amide bonds. The fourth-order valence-electron chi connectivity index (χ4n) is 2.87. The molecule has 0 aliphatic heterocycles. The summed E-state index contributed by atoms with van der Waals surface area (Å²) in [4.78, 5) is 12.3. The van der Waals surface area contributed by atoms with Crippen LogP contribution in [-0.2, 0) is 0 Å². The largest absolute Gasteiger partial charge is 0.349 e. The molecule has 20 heavy (non-hydrogen) atoms. The van der Waals surface area contributed by atoms with Crippen LogP contribution >= 0.6 is 11.6 Å². The van der Waals surface area contributed by atoms with Crippen LogP contribution in [0.3, 0.4) is 0 Å². The van der Waals surface area contributed by atoms with Crippen LogP contribution in [0.25, 0.3) is 10.8 Å². The lowest BCUT2D eigenvalue weighted by Gasteiger charge is -2.22. The van der Waals surface area contributed by atoms with Crippen molar-refractivity contribution in [1.82, 2.24) is 5.32 Å². The molecule has 0 unspecified atom stereocenters. The Balaban J connectivity index is 1.78. The summed E-state index contributed by atoms with van der Waals surface area (Å²) in [6, 6.07) is 11.8. The van der Waals surface area contributed by atoms with Crippen molar-refractivity contribution >= 4 is 28.3 Å². The second-order valence-electron chi connectivity index (χ2n) is 5.51. The van der Waals surface area contributed by atoms with Gasteiger partial charge in [0.25, 0.3) is 5.91 Å². The fraction of sp³-hybridized carbons (Fsp3) is 0.353. The zero-order chi connectivity index (χ0) is 13.9. The number of hydrogen-bond donors (Lipinski definition) is 1. The maximum absolute atomic E-state index is 12.3. The molecule has 3 heteroatoms. The van der Waals surface area contributed by atoms with Crippen molar-refractivity contribution in [3.63, 3.8) is 0 Å². The number of amides is 1. The minimum Gasteiger partial charge on any atom is -0.349 e. The molecule has 0 radical (unpaired) electrons. The number of carbonyl (C=O) groups is 1. The molecule has 2 nitrogen and oxygen atoms in total. The Kier molecular flexibility index (Phi) is 3.93. The van der Waals surface area contributed by atoms with E-state index in [4.69, 9.17) is 11.6 Å². The number of halogens is 1. The van der Waals surface area contributed by atoms with Crippen molar-refractivity contribution in [1.29, 1.82) is 0 Å². The van der Waals surface area contributed by atoms with Crippen LogP contribution in [0.2, 0.25) is 5.02 Å². The molecule has 1 saturated carbocycles. The highest BCUT2D eigenvalue weighted by molar-refractivity contribution is 6.31. The van der Waals surface area contributed by atoms with Gasteiger partial charge >= 0.3 is 0 Å². The molecule has 0 saturated heterocycles. The summed E-state index contributed by atoms with van der Waals surface area (Å²) in [6.07, 6.45) is 5.95. The number of hydrogen-bond acceptors (Lipinski definition) is 1. The summed E-state index contributed by atoms with van der Waals surface area (Å²) in [6.45, 7) is 0. The molecule has 1 aliphatic rings. The van der Waals surface area contributed by atoms with E-state index in [0.29, 0.717) is 6.04 Å². The first-order valence-corrected chi connectivity index (χ1v) is 7.60. The first-order valence-electron chi connectivity index (χ1n) is 7.22. The van der Waals surface area contributed by atoms with E-state index in [2.05, 4.69) is 5.32 Å². The number of benzene rings is 2. The molecule has 1 aliphatic carbocycles. The molecule has 3 rings (SSSR count). The van der Waals surface area contributed by atoms with E-state index in [1.807, 2.05) is 36.4 Å². The Bertz CT molecular complexity index is 632. The zero-order valence-electron chi connectivity index (χ0n) is 11.4. The molecule has 1 fully saturated rings. The summed E-state index contributed by atoms with van der Waals surface area (Å²) >= 11 is 5.97. The number of nitrogens with one attached hydrogen (secondary N) is 1. The van der Waals surface area contributed by atoms with Gasteiger partial charge in [-0.1, -0.05) is 43.0 Å². The Morgan fingerprint density at radius 1 is 1.00 bits per heavy atom. The molecule has 0 atom stereocenters. The van der Waals surface area contributed by atoms with Crippen molar-refractivity contribution in [3.8, 4) is 0 Å².